The molecular weight excluding hydrogens is 620 g/mol. The molecule has 2 saturated heterocycles. The Labute approximate surface area is 258 Å². The van der Waals surface area contributed by atoms with Crippen LogP contribution in [0.1, 0.15) is 13.8 Å². The summed E-state index contributed by atoms with van der Waals surface area (Å²) in [7, 11) is 0. The number of aromatic hydroxyl groups is 5. The lowest BCUT2D eigenvalue weighted by Crippen LogP contribution is -2.69. The highest BCUT2D eigenvalue weighted by Gasteiger charge is 2.58. The highest BCUT2D eigenvalue weighted by Crippen LogP contribution is 2.45. The molecule has 2 aliphatic heterocycles. The Morgan fingerprint density at radius 1 is 0.870 bits per heavy atom. The monoisotopic (exact) mass is 653 g/mol. The summed E-state index contributed by atoms with van der Waals surface area (Å²) in [5, 5.41) is 114. The number of carbonyl (C=O) groups excluding carboxylic acids is 1. The Morgan fingerprint density at radius 2 is 1.52 bits per heavy atom. The molecule has 5 rings (SSSR count). The molecular formula is C29H33O17+. The second kappa shape index (κ2) is 12.3. The lowest BCUT2D eigenvalue weighted by Gasteiger charge is -2.46. The minimum atomic E-state index is -2.72. The van der Waals surface area contributed by atoms with Gasteiger partial charge >= 0.3 is 11.3 Å². The summed E-state index contributed by atoms with van der Waals surface area (Å²) in [4.78, 5) is 12.3. The fraction of sp³-hybridized carbons (Fsp3) is 0.448. The zero-order valence-corrected chi connectivity index (χ0v) is 24.2. The van der Waals surface area contributed by atoms with Crippen LogP contribution in [0.4, 0.5) is 0 Å². The highest BCUT2D eigenvalue weighted by atomic mass is 16.7. The number of phenols is 5. The fourth-order valence-electron chi connectivity index (χ4n) is 5.24. The maximum Gasteiger partial charge on any atom is 0.402 e. The van der Waals surface area contributed by atoms with Crippen LogP contribution >= 0.6 is 0 Å². The molecule has 1 aromatic heterocycles. The second-order valence-electron chi connectivity index (χ2n) is 11.1. The lowest BCUT2D eigenvalue weighted by molar-refractivity contribution is -0.338. The van der Waals surface area contributed by atoms with Gasteiger partial charge < -0.3 is 75.1 Å². The van der Waals surface area contributed by atoms with E-state index in [1.165, 1.54) is 13.0 Å². The number of hydrogen-bond acceptors (Lipinski definition) is 16. The fourth-order valence-corrected chi connectivity index (χ4v) is 5.24. The van der Waals surface area contributed by atoms with Gasteiger partial charge in [0, 0.05) is 24.3 Å². The van der Waals surface area contributed by atoms with Gasteiger partial charge in [0.2, 0.25) is 17.6 Å². The van der Waals surface area contributed by atoms with Gasteiger partial charge in [-0.25, -0.2) is 4.42 Å². The zero-order valence-electron chi connectivity index (χ0n) is 24.2. The number of ether oxygens (including phenoxy) is 4. The molecule has 11 N–H and O–H groups in total. The topological polar surface area (TPSA) is 288 Å². The molecule has 0 spiro atoms. The van der Waals surface area contributed by atoms with E-state index in [9.17, 15) is 61.0 Å². The summed E-state index contributed by atoms with van der Waals surface area (Å²) in [6.07, 6.45) is -15.7. The van der Waals surface area contributed by atoms with Gasteiger partial charge in [-0.3, -0.25) is 4.79 Å². The molecule has 0 amide bonds. The average molecular weight is 654 g/mol. The molecule has 0 unspecified atom stereocenters. The number of carbonyl (C=O) groups is 1. The van der Waals surface area contributed by atoms with Crippen molar-refractivity contribution in [3.05, 3.63) is 30.3 Å². The number of aliphatic hydroxyl groups excluding tert-OH is 5. The highest BCUT2D eigenvalue weighted by molar-refractivity contribution is 5.89. The maximum atomic E-state index is 12.3. The first-order valence-electron chi connectivity index (χ1n) is 13.9. The van der Waals surface area contributed by atoms with Crippen LogP contribution in [-0.4, -0.2) is 129 Å². The molecule has 10 atom stereocenters. The first-order valence-corrected chi connectivity index (χ1v) is 13.9. The molecule has 3 heterocycles. The number of ketones is 1. The van der Waals surface area contributed by atoms with Crippen LogP contribution in [-0.2, 0) is 19.0 Å². The number of fused-ring (bicyclic) bond motifs is 1. The molecule has 17 nitrogen and oxygen atoms in total. The molecule has 46 heavy (non-hydrogen) atoms. The van der Waals surface area contributed by atoms with Crippen molar-refractivity contribution in [3.8, 4) is 45.8 Å². The van der Waals surface area contributed by atoms with E-state index in [2.05, 4.69) is 0 Å². The Balaban J connectivity index is 1.47. The van der Waals surface area contributed by atoms with Crippen LogP contribution in [0.3, 0.4) is 0 Å². The molecule has 0 radical (unpaired) electrons. The molecule has 0 saturated carbocycles. The van der Waals surface area contributed by atoms with Crippen molar-refractivity contribution in [2.75, 3.05) is 6.61 Å². The van der Waals surface area contributed by atoms with E-state index >= 15 is 0 Å². The van der Waals surface area contributed by atoms with Gasteiger partial charge in [-0.15, -0.1) is 0 Å². The second-order valence-corrected chi connectivity index (χ2v) is 11.1. The molecule has 2 aliphatic rings. The van der Waals surface area contributed by atoms with Crippen LogP contribution in [0.5, 0.6) is 34.5 Å². The van der Waals surface area contributed by atoms with E-state index in [0.29, 0.717) is 0 Å². The summed E-state index contributed by atoms with van der Waals surface area (Å²) >= 11 is 0. The smallest absolute Gasteiger partial charge is 0.402 e. The van der Waals surface area contributed by atoms with Gasteiger partial charge in [0.1, 0.15) is 53.5 Å². The SMILES string of the molecule is CC(=O)[C@]1(O)[C@H](OC[C@@H]2O[C@H](Oc3cc4c(O)cc(O)cc4[o+]c3-c3cc(O)c(O)c(O)c3)[C@@H](O)[C@H](O)[C@H]2O)O[C@@H](C)[C@H](O)[C@H]1O. The maximum absolute atomic E-state index is 12.3. The standard InChI is InChI=1S/C29H32O17/c1-9-20(35)26(40)29(41,10(2)30)28(43-9)42-8-19-22(37)23(38)24(39)27(46-19)45-18-7-13-14(32)5-12(31)6-17(13)44-25(18)11-3-15(33)21(36)16(34)4-11/h3-7,9,19-20,22-24,26-28,35,37-41H,8H2,1-2H3,(H4-,31,32,33,34,36)/p+1/t9-,19-,20-,22-,23+,24-,26+,27-,28+,29+/m0/s1. The van der Waals surface area contributed by atoms with Crippen LogP contribution in [0, 0.1) is 0 Å². The van der Waals surface area contributed by atoms with Gasteiger partial charge in [-0.05, 0) is 13.8 Å². The van der Waals surface area contributed by atoms with Crippen LogP contribution in [0.2, 0.25) is 0 Å². The Kier molecular flexibility index (Phi) is 8.90. The van der Waals surface area contributed by atoms with E-state index in [1.807, 2.05) is 0 Å². The third-order valence-electron chi connectivity index (χ3n) is 7.99. The molecule has 250 valence electrons. The molecule has 3 aromatic rings. The van der Waals surface area contributed by atoms with Crippen LogP contribution < -0.4 is 4.74 Å². The number of phenolic OH excluding ortho intramolecular Hbond substituents is 5. The van der Waals surface area contributed by atoms with Gasteiger partial charge in [0.15, 0.2) is 29.3 Å². The largest absolute Gasteiger partial charge is 0.507 e. The predicted octanol–water partition coefficient (Wildman–Crippen LogP) is -1.10. The Morgan fingerprint density at radius 3 is 2.15 bits per heavy atom. The number of aliphatic hydroxyl groups is 6. The normalized spacial score (nSPS) is 33.2. The Bertz CT molecular complexity index is 1610. The van der Waals surface area contributed by atoms with Crippen molar-refractivity contribution in [3.63, 3.8) is 0 Å². The molecule has 2 aromatic carbocycles. The van der Waals surface area contributed by atoms with E-state index in [0.717, 1.165) is 31.2 Å². The minimum absolute atomic E-state index is 0.0256. The average Bonchev–Trinajstić information content (AvgIpc) is 3.00. The summed E-state index contributed by atoms with van der Waals surface area (Å²) in [5.41, 5.74) is -2.93. The lowest BCUT2D eigenvalue weighted by atomic mass is 9.84. The molecule has 2 fully saturated rings. The number of rotatable bonds is 7. The van der Waals surface area contributed by atoms with Gasteiger partial charge in [-0.1, -0.05) is 0 Å². The first-order chi connectivity index (χ1) is 21.5. The molecule has 17 heteroatoms. The third kappa shape index (κ3) is 5.72. The van der Waals surface area contributed by atoms with Crippen LogP contribution in [0.25, 0.3) is 22.3 Å². The third-order valence-corrected chi connectivity index (χ3v) is 7.99. The predicted molar refractivity (Wildman–Crippen MR) is 150 cm³/mol. The number of benzene rings is 2. The van der Waals surface area contributed by atoms with Crippen molar-refractivity contribution >= 4 is 16.8 Å². The number of Topliss-reactive ketones (excluding diaryl/α,β-unsaturated/α-hetero) is 1. The van der Waals surface area contributed by atoms with E-state index < -0.39 is 96.3 Å². The van der Waals surface area contributed by atoms with E-state index in [1.54, 1.807) is 0 Å². The van der Waals surface area contributed by atoms with E-state index in [4.69, 9.17) is 23.4 Å². The molecule has 0 aliphatic carbocycles. The van der Waals surface area contributed by atoms with Crippen molar-refractivity contribution in [1.29, 1.82) is 0 Å². The summed E-state index contributed by atoms with van der Waals surface area (Å²) < 4.78 is 28.2. The summed E-state index contributed by atoms with van der Waals surface area (Å²) in [5.74, 6) is -4.86. The van der Waals surface area contributed by atoms with E-state index in [-0.39, 0.29) is 33.8 Å². The van der Waals surface area contributed by atoms with Crippen molar-refractivity contribution in [2.45, 2.75) is 74.8 Å². The summed E-state index contributed by atoms with van der Waals surface area (Å²) in [6.45, 7) is 1.55. The van der Waals surface area contributed by atoms with Crippen LogP contribution in [0.15, 0.2) is 34.7 Å². The Hall–Kier alpha value is -4.04. The minimum Gasteiger partial charge on any atom is -0.507 e. The van der Waals surface area contributed by atoms with Crippen molar-refractivity contribution < 1.29 is 84.3 Å². The van der Waals surface area contributed by atoms with Gasteiger partial charge in [-0.2, -0.15) is 0 Å². The quantitative estimate of drug-likeness (QED) is 0.107. The van der Waals surface area contributed by atoms with Crippen molar-refractivity contribution in [2.24, 2.45) is 0 Å². The zero-order chi connectivity index (χ0) is 33.8. The molecule has 0 bridgehead atoms. The van der Waals surface area contributed by atoms with Gasteiger partial charge in [0.25, 0.3) is 0 Å². The summed E-state index contributed by atoms with van der Waals surface area (Å²) in [6, 6.07) is 5.27. The number of hydrogen-bond donors (Lipinski definition) is 11. The van der Waals surface area contributed by atoms with Crippen molar-refractivity contribution in [1.82, 2.24) is 0 Å². The van der Waals surface area contributed by atoms with Gasteiger partial charge in [0.05, 0.1) is 24.3 Å². The first kappa shape index (κ1) is 33.3.